The second kappa shape index (κ2) is 6.62. The first-order chi connectivity index (χ1) is 11.6. The van der Waals surface area contributed by atoms with Gasteiger partial charge in [0, 0.05) is 17.1 Å². The molecule has 0 aliphatic heterocycles. The maximum atomic E-state index is 12.9. The number of aromatic nitrogens is 1. The van der Waals surface area contributed by atoms with Crippen molar-refractivity contribution in [3.05, 3.63) is 77.0 Å². The molecule has 0 radical (unpaired) electrons. The normalized spacial score (nSPS) is 10.6. The van der Waals surface area contributed by atoms with Gasteiger partial charge in [0.15, 0.2) is 5.78 Å². The molecule has 0 aliphatic carbocycles. The van der Waals surface area contributed by atoms with E-state index in [1.165, 1.54) is 6.20 Å². The Bertz CT molecular complexity index is 917. The van der Waals surface area contributed by atoms with E-state index in [4.69, 9.17) is 4.74 Å². The zero-order valence-corrected chi connectivity index (χ0v) is 13.6. The Balaban J connectivity index is 2.25. The Morgan fingerprint density at radius 2 is 1.83 bits per heavy atom. The smallest absolute Gasteiger partial charge is 0.339 e. The largest absolute Gasteiger partial charge is 0.462 e. The molecule has 0 saturated heterocycles. The SMILES string of the molecule is CCOC(=O)c1c(C(=O)c2ccccc2)cnc2ccc(C)cc12. The number of fused-ring (bicyclic) bond motifs is 1. The van der Waals surface area contributed by atoms with E-state index >= 15 is 0 Å². The highest BCUT2D eigenvalue weighted by Crippen LogP contribution is 2.25. The van der Waals surface area contributed by atoms with Crippen molar-refractivity contribution in [3.8, 4) is 0 Å². The summed E-state index contributed by atoms with van der Waals surface area (Å²) in [5.41, 5.74) is 2.70. The van der Waals surface area contributed by atoms with E-state index in [0.717, 1.165) is 5.56 Å². The second-order valence-corrected chi connectivity index (χ2v) is 5.48. The number of hydrogen-bond donors (Lipinski definition) is 0. The summed E-state index contributed by atoms with van der Waals surface area (Å²) >= 11 is 0. The molecule has 0 spiro atoms. The fraction of sp³-hybridized carbons (Fsp3) is 0.150. The molecule has 0 atom stereocenters. The first kappa shape index (κ1) is 15.9. The van der Waals surface area contributed by atoms with E-state index in [1.807, 2.05) is 31.2 Å². The van der Waals surface area contributed by atoms with Gasteiger partial charge in [0.05, 0.1) is 23.3 Å². The van der Waals surface area contributed by atoms with Crippen LogP contribution in [0.3, 0.4) is 0 Å². The van der Waals surface area contributed by atoms with Gasteiger partial charge in [-0.05, 0) is 26.0 Å². The van der Waals surface area contributed by atoms with Crippen LogP contribution >= 0.6 is 0 Å². The average Bonchev–Trinajstić information content (AvgIpc) is 2.61. The molecule has 0 bridgehead atoms. The van der Waals surface area contributed by atoms with E-state index in [-0.39, 0.29) is 23.5 Å². The Morgan fingerprint density at radius 3 is 2.54 bits per heavy atom. The van der Waals surface area contributed by atoms with Crippen molar-refractivity contribution in [2.24, 2.45) is 0 Å². The predicted molar refractivity (Wildman–Crippen MR) is 92.3 cm³/mol. The topological polar surface area (TPSA) is 56.3 Å². The lowest BCUT2D eigenvalue weighted by atomic mass is 9.96. The molecular formula is C20H17NO3. The molecule has 1 aromatic heterocycles. The minimum atomic E-state index is -0.505. The highest BCUT2D eigenvalue weighted by Gasteiger charge is 2.23. The predicted octanol–water partition coefficient (Wildman–Crippen LogP) is 3.95. The summed E-state index contributed by atoms with van der Waals surface area (Å²) < 4.78 is 5.18. The number of hydrogen-bond acceptors (Lipinski definition) is 4. The number of benzene rings is 2. The van der Waals surface area contributed by atoms with Crippen LogP contribution in [0.2, 0.25) is 0 Å². The number of carbonyl (C=O) groups excluding carboxylic acids is 2. The van der Waals surface area contributed by atoms with Crippen molar-refractivity contribution in [1.82, 2.24) is 4.98 Å². The quantitative estimate of drug-likeness (QED) is 0.540. The molecule has 2 aromatic carbocycles. The van der Waals surface area contributed by atoms with Gasteiger partial charge in [-0.25, -0.2) is 4.79 Å². The van der Waals surface area contributed by atoms with E-state index in [1.54, 1.807) is 31.2 Å². The van der Waals surface area contributed by atoms with Crippen LogP contribution in [0.1, 0.15) is 38.8 Å². The molecule has 0 amide bonds. The summed E-state index contributed by atoms with van der Waals surface area (Å²) in [6, 6.07) is 14.5. The van der Waals surface area contributed by atoms with Crippen molar-refractivity contribution >= 4 is 22.7 Å². The number of carbonyl (C=O) groups is 2. The van der Waals surface area contributed by atoms with Gasteiger partial charge in [-0.2, -0.15) is 0 Å². The number of ketones is 1. The summed E-state index contributed by atoms with van der Waals surface area (Å²) in [7, 11) is 0. The molecule has 4 nitrogen and oxygen atoms in total. The summed E-state index contributed by atoms with van der Waals surface area (Å²) in [6.07, 6.45) is 1.46. The summed E-state index contributed by atoms with van der Waals surface area (Å²) in [6.45, 7) is 3.92. The average molecular weight is 319 g/mol. The third-order valence-corrected chi connectivity index (χ3v) is 3.78. The van der Waals surface area contributed by atoms with Crippen LogP contribution < -0.4 is 0 Å². The highest BCUT2D eigenvalue weighted by molar-refractivity contribution is 6.18. The number of esters is 1. The molecule has 120 valence electrons. The molecule has 0 unspecified atom stereocenters. The van der Waals surface area contributed by atoms with Crippen molar-refractivity contribution in [3.63, 3.8) is 0 Å². The van der Waals surface area contributed by atoms with Crippen LogP contribution in [0.4, 0.5) is 0 Å². The van der Waals surface area contributed by atoms with E-state index < -0.39 is 5.97 Å². The van der Waals surface area contributed by atoms with Gasteiger partial charge < -0.3 is 4.74 Å². The Kier molecular flexibility index (Phi) is 4.38. The van der Waals surface area contributed by atoms with Crippen LogP contribution in [-0.2, 0) is 4.74 Å². The molecule has 0 saturated carbocycles. The number of pyridine rings is 1. The molecule has 3 rings (SSSR count). The summed E-state index contributed by atoms with van der Waals surface area (Å²) in [5, 5.41) is 0.634. The maximum Gasteiger partial charge on any atom is 0.339 e. The highest BCUT2D eigenvalue weighted by atomic mass is 16.5. The standard InChI is InChI=1S/C20H17NO3/c1-3-24-20(23)18-15-11-13(2)9-10-17(15)21-12-16(18)19(22)14-7-5-4-6-8-14/h4-12H,3H2,1-2H3. The molecule has 0 aliphatic rings. The van der Waals surface area contributed by atoms with Gasteiger partial charge in [-0.15, -0.1) is 0 Å². The van der Waals surface area contributed by atoms with Gasteiger partial charge in [-0.3, -0.25) is 9.78 Å². The van der Waals surface area contributed by atoms with Crippen molar-refractivity contribution in [1.29, 1.82) is 0 Å². The zero-order valence-electron chi connectivity index (χ0n) is 13.6. The molecule has 1 heterocycles. The molecule has 0 N–H and O–H groups in total. The number of ether oxygens (including phenoxy) is 1. The Hall–Kier alpha value is -3.01. The third-order valence-electron chi connectivity index (χ3n) is 3.78. The molecular weight excluding hydrogens is 302 g/mol. The minimum Gasteiger partial charge on any atom is -0.462 e. The number of nitrogens with zero attached hydrogens (tertiary/aromatic N) is 1. The minimum absolute atomic E-state index is 0.241. The Labute approximate surface area is 140 Å². The van der Waals surface area contributed by atoms with Crippen LogP contribution in [0.15, 0.2) is 54.7 Å². The van der Waals surface area contributed by atoms with Crippen LogP contribution in [0.25, 0.3) is 10.9 Å². The fourth-order valence-corrected chi connectivity index (χ4v) is 2.65. The van der Waals surface area contributed by atoms with Crippen LogP contribution in [0, 0.1) is 6.92 Å². The van der Waals surface area contributed by atoms with E-state index in [2.05, 4.69) is 4.98 Å². The van der Waals surface area contributed by atoms with Crippen molar-refractivity contribution in [2.45, 2.75) is 13.8 Å². The molecule has 4 heteroatoms. The number of rotatable bonds is 4. The summed E-state index contributed by atoms with van der Waals surface area (Å²) in [5.74, 6) is -0.746. The molecule has 24 heavy (non-hydrogen) atoms. The lowest BCUT2D eigenvalue weighted by Gasteiger charge is -2.11. The van der Waals surface area contributed by atoms with Gasteiger partial charge in [0.25, 0.3) is 0 Å². The van der Waals surface area contributed by atoms with Gasteiger partial charge in [0.2, 0.25) is 0 Å². The van der Waals surface area contributed by atoms with Crippen molar-refractivity contribution < 1.29 is 14.3 Å². The molecule has 0 fully saturated rings. The lowest BCUT2D eigenvalue weighted by molar-refractivity contribution is 0.0526. The Morgan fingerprint density at radius 1 is 1.08 bits per heavy atom. The first-order valence-corrected chi connectivity index (χ1v) is 7.78. The summed E-state index contributed by atoms with van der Waals surface area (Å²) in [4.78, 5) is 29.7. The van der Waals surface area contributed by atoms with Crippen LogP contribution in [0.5, 0.6) is 0 Å². The van der Waals surface area contributed by atoms with E-state index in [0.29, 0.717) is 16.5 Å². The number of aryl methyl sites for hydroxylation is 1. The fourth-order valence-electron chi connectivity index (χ4n) is 2.65. The second-order valence-electron chi connectivity index (χ2n) is 5.48. The van der Waals surface area contributed by atoms with Gasteiger partial charge >= 0.3 is 5.97 Å². The third kappa shape index (κ3) is 2.91. The molecule has 3 aromatic rings. The van der Waals surface area contributed by atoms with Crippen LogP contribution in [-0.4, -0.2) is 23.3 Å². The van der Waals surface area contributed by atoms with Gasteiger partial charge in [-0.1, -0.05) is 42.0 Å². The van der Waals surface area contributed by atoms with E-state index in [9.17, 15) is 9.59 Å². The van der Waals surface area contributed by atoms with Gasteiger partial charge in [0.1, 0.15) is 0 Å². The monoisotopic (exact) mass is 319 g/mol. The lowest BCUT2D eigenvalue weighted by Crippen LogP contribution is -2.14. The maximum absolute atomic E-state index is 12.9. The zero-order chi connectivity index (χ0) is 17.1. The van der Waals surface area contributed by atoms with Crippen molar-refractivity contribution in [2.75, 3.05) is 6.61 Å². The first-order valence-electron chi connectivity index (χ1n) is 7.78.